The maximum Gasteiger partial charge on any atom is 0.191 e. The Labute approximate surface area is 97.5 Å². The Morgan fingerprint density at radius 2 is 2.13 bits per heavy atom. The monoisotopic (exact) mass is 229 g/mol. The molecule has 1 aliphatic carbocycles. The first-order valence-corrected chi connectivity index (χ1v) is 6.90. The van der Waals surface area contributed by atoms with Gasteiger partial charge in [0, 0.05) is 17.3 Å². The fourth-order valence-corrected chi connectivity index (χ4v) is 1.27. The Morgan fingerprint density at radius 1 is 1.47 bits per heavy atom. The molecule has 0 atom stereocenters. The Hall–Kier alpha value is -0.380. The van der Waals surface area contributed by atoms with Crippen molar-refractivity contribution < 1.29 is 0 Å². The molecule has 0 radical (unpaired) electrons. The third-order valence-corrected chi connectivity index (χ3v) is 3.67. The minimum Gasteiger partial charge on any atom is -0.357 e. The summed E-state index contributed by atoms with van der Waals surface area (Å²) in [5.74, 6) is 0.974. The van der Waals surface area contributed by atoms with Crippen molar-refractivity contribution in [3.05, 3.63) is 0 Å². The summed E-state index contributed by atoms with van der Waals surface area (Å²) >= 11 is 1.86. The molecule has 1 fully saturated rings. The Kier molecular flexibility index (Phi) is 4.77. The summed E-state index contributed by atoms with van der Waals surface area (Å²) in [6, 6.07) is 0.667. The predicted octanol–water partition coefficient (Wildman–Crippen LogP) is 1.85. The van der Waals surface area contributed by atoms with Crippen LogP contribution in [0.3, 0.4) is 0 Å². The van der Waals surface area contributed by atoms with Gasteiger partial charge in [0.15, 0.2) is 5.96 Å². The van der Waals surface area contributed by atoms with E-state index in [9.17, 15) is 0 Å². The Balaban J connectivity index is 2.41. The third kappa shape index (κ3) is 5.30. The highest BCUT2D eigenvalue weighted by Gasteiger charge is 2.22. The van der Waals surface area contributed by atoms with Crippen molar-refractivity contribution in [1.82, 2.24) is 10.6 Å². The van der Waals surface area contributed by atoms with Crippen LogP contribution in [0.1, 0.15) is 33.6 Å². The van der Waals surface area contributed by atoms with Crippen LogP contribution >= 0.6 is 11.8 Å². The second-order valence-corrected chi connectivity index (χ2v) is 6.09. The van der Waals surface area contributed by atoms with Crippen molar-refractivity contribution in [1.29, 1.82) is 0 Å². The van der Waals surface area contributed by atoms with Gasteiger partial charge in [0.25, 0.3) is 0 Å². The molecule has 2 N–H and O–H groups in total. The molecule has 0 aromatic carbocycles. The van der Waals surface area contributed by atoms with Gasteiger partial charge in [-0.3, -0.25) is 4.99 Å². The van der Waals surface area contributed by atoms with Crippen molar-refractivity contribution in [2.45, 2.75) is 44.4 Å². The molecule has 0 unspecified atom stereocenters. The van der Waals surface area contributed by atoms with Crippen LogP contribution in [0.15, 0.2) is 4.99 Å². The number of hydrogen-bond donors (Lipinski definition) is 2. The first-order valence-electron chi connectivity index (χ1n) is 5.67. The second kappa shape index (κ2) is 5.64. The molecule has 88 valence electrons. The molecule has 0 saturated heterocycles. The number of guanidine groups is 1. The Bertz CT molecular complexity index is 222. The molecule has 1 saturated carbocycles. The molecule has 0 aliphatic heterocycles. The van der Waals surface area contributed by atoms with Crippen molar-refractivity contribution in [2.24, 2.45) is 4.99 Å². The quantitative estimate of drug-likeness (QED) is 0.558. The lowest BCUT2D eigenvalue weighted by Gasteiger charge is -2.20. The van der Waals surface area contributed by atoms with E-state index in [-0.39, 0.29) is 4.75 Å². The van der Waals surface area contributed by atoms with Gasteiger partial charge in [0.2, 0.25) is 0 Å². The number of aliphatic imine (C=N–C) groups is 1. The van der Waals surface area contributed by atoms with Gasteiger partial charge in [-0.25, -0.2) is 0 Å². The molecule has 0 aromatic heterocycles. The van der Waals surface area contributed by atoms with E-state index in [1.54, 1.807) is 0 Å². The van der Waals surface area contributed by atoms with E-state index >= 15 is 0 Å². The van der Waals surface area contributed by atoms with Crippen molar-refractivity contribution in [3.63, 3.8) is 0 Å². The van der Waals surface area contributed by atoms with Crippen LogP contribution < -0.4 is 10.6 Å². The van der Waals surface area contributed by atoms with Gasteiger partial charge in [-0.1, -0.05) is 0 Å². The van der Waals surface area contributed by atoms with E-state index in [1.165, 1.54) is 12.8 Å². The van der Waals surface area contributed by atoms with E-state index < -0.39 is 0 Å². The highest BCUT2D eigenvalue weighted by Crippen LogP contribution is 2.21. The molecular formula is C11H23N3S. The average molecular weight is 229 g/mol. The Morgan fingerprint density at radius 3 is 2.60 bits per heavy atom. The summed E-state index contributed by atoms with van der Waals surface area (Å²) in [6.45, 7) is 8.34. The average Bonchev–Trinajstić information content (AvgIpc) is 2.99. The fourth-order valence-electron chi connectivity index (χ4n) is 1.08. The standard InChI is InChI=1S/C11H23N3S/c1-5-12-10(14-9-6-7-9)13-8-11(2,3)15-4/h9H,5-8H2,1-4H3,(H2,12,13,14). The normalized spacial score (nSPS) is 17.7. The summed E-state index contributed by atoms with van der Waals surface area (Å²) in [5, 5.41) is 6.70. The number of rotatable bonds is 5. The van der Waals surface area contributed by atoms with E-state index in [0.717, 1.165) is 19.0 Å². The smallest absolute Gasteiger partial charge is 0.191 e. The number of nitrogens with one attached hydrogen (secondary N) is 2. The zero-order valence-corrected chi connectivity index (χ0v) is 11.1. The molecule has 0 aromatic rings. The van der Waals surface area contributed by atoms with Gasteiger partial charge in [-0.05, 0) is 39.9 Å². The van der Waals surface area contributed by atoms with Crippen molar-refractivity contribution in [2.75, 3.05) is 19.3 Å². The molecular weight excluding hydrogens is 206 g/mol. The lowest BCUT2D eigenvalue weighted by atomic mass is 10.2. The van der Waals surface area contributed by atoms with Crippen LogP contribution in [0.4, 0.5) is 0 Å². The highest BCUT2D eigenvalue weighted by atomic mass is 32.2. The predicted molar refractivity (Wildman–Crippen MR) is 69.7 cm³/mol. The molecule has 0 heterocycles. The minimum atomic E-state index is 0.228. The van der Waals surface area contributed by atoms with Crippen LogP contribution in [0.25, 0.3) is 0 Å². The zero-order chi connectivity index (χ0) is 11.3. The molecule has 15 heavy (non-hydrogen) atoms. The molecule has 0 amide bonds. The fraction of sp³-hybridized carbons (Fsp3) is 0.909. The number of nitrogens with zero attached hydrogens (tertiary/aromatic N) is 1. The lowest BCUT2D eigenvalue weighted by Crippen LogP contribution is -2.39. The van der Waals surface area contributed by atoms with Crippen LogP contribution in [-0.2, 0) is 0 Å². The van der Waals surface area contributed by atoms with Crippen LogP contribution in [0, 0.1) is 0 Å². The molecule has 3 nitrogen and oxygen atoms in total. The SMILES string of the molecule is CCNC(=NCC(C)(C)SC)NC1CC1. The highest BCUT2D eigenvalue weighted by molar-refractivity contribution is 7.99. The maximum absolute atomic E-state index is 4.61. The summed E-state index contributed by atoms with van der Waals surface area (Å²) in [6.07, 6.45) is 4.71. The summed E-state index contributed by atoms with van der Waals surface area (Å²) in [7, 11) is 0. The van der Waals surface area contributed by atoms with Crippen LogP contribution in [0.5, 0.6) is 0 Å². The van der Waals surface area contributed by atoms with E-state index in [4.69, 9.17) is 0 Å². The lowest BCUT2D eigenvalue weighted by molar-refractivity contribution is 0.710. The van der Waals surface area contributed by atoms with Crippen LogP contribution in [-0.4, -0.2) is 36.1 Å². The van der Waals surface area contributed by atoms with Gasteiger partial charge < -0.3 is 10.6 Å². The van der Waals surface area contributed by atoms with Crippen LogP contribution in [0.2, 0.25) is 0 Å². The third-order valence-electron chi connectivity index (χ3n) is 2.43. The van der Waals surface area contributed by atoms with Gasteiger partial charge >= 0.3 is 0 Å². The second-order valence-electron chi connectivity index (χ2n) is 4.58. The number of hydrogen-bond acceptors (Lipinski definition) is 2. The molecule has 1 rings (SSSR count). The van der Waals surface area contributed by atoms with E-state index in [1.807, 2.05) is 11.8 Å². The first kappa shape index (κ1) is 12.7. The molecule has 0 spiro atoms. The summed E-state index contributed by atoms with van der Waals surface area (Å²) < 4.78 is 0.228. The topological polar surface area (TPSA) is 36.4 Å². The molecule has 1 aliphatic rings. The summed E-state index contributed by atoms with van der Waals surface area (Å²) in [5.41, 5.74) is 0. The number of thioether (sulfide) groups is 1. The van der Waals surface area contributed by atoms with Gasteiger partial charge in [0.1, 0.15) is 0 Å². The van der Waals surface area contributed by atoms with Crippen molar-refractivity contribution >= 4 is 17.7 Å². The maximum atomic E-state index is 4.61. The van der Waals surface area contributed by atoms with Gasteiger partial charge in [-0.15, -0.1) is 0 Å². The van der Waals surface area contributed by atoms with Gasteiger partial charge in [0.05, 0.1) is 6.54 Å². The minimum absolute atomic E-state index is 0.228. The zero-order valence-electron chi connectivity index (χ0n) is 10.3. The first-order chi connectivity index (χ1) is 7.07. The van der Waals surface area contributed by atoms with E-state index in [0.29, 0.717) is 6.04 Å². The van der Waals surface area contributed by atoms with Crippen molar-refractivity contribution in [3.8, 4) is 0 Å². The van der Waals surface area contributed by atoms with E-state index in [2.05, 4.69) is 42.7 Å². The summed E-state index contributed by atoms with van der Waals surface area (Å²) in [4.78, 5) is 4.61. The molecule has 0 bridgehead atoms. The van der Waals surface area contributed by atoms with Gasteiger partial charge in [-0.2, -0.15) is 11.8 Å². The largest absolute Gasteiger partial charge is 0.357 e. The molecule has 4 heteroatoms.